The zero-order valence-electron chi connectivity index (χ0n) is 14.0. The Morgan fingerprint density at radius 2 is 1.95 bits per heavy atom. The van der Waals surface area contributed by atoms with Crippen LogP contribution in [0, 0.1) is 0 Å². The maximum Gasteiger partial charge on any atom is 0.124 e. The van der Waals surface area contributed by atoms with Crippen LogP contribution in [0.5, 0.6) is 5.75 Å². The van der Waals surface area contributed by atoms with Gasteiger partial charge in [0, 0.05) is 25.3 Å². The van der Waals surface area contributed by atoms with Crippen LogP contribution in [0.4, 0.5) is 0 Å². The molecule has 1 saturated carbocycles. The standard InChI is InChI=1S/C18H29NO3/c1-14(19-13-18(20)9-5-4-6-10-18)15-7-8-17(22-3)16(11-15)12-21-2/h7-8,11,14,19-20H,4-6,9-10,12-13H2,1-3H3. The predicted molar refractivity (Wildman–Crippen MR) is 88.2 cm³/mol. The van der Waals surface area contributed by atoms with Gasteiger partial charge in [-0.3, -0.25) is 0 Å². The molecule has 4 nitrogen and oxygen atoms in total. The van der Waals surface area contributed by atoms with Gasteiger partial charge in [0.1, 0.15) is 5.75 Å². The first kappa shape index (κ1) is 17.3. The molecule has 1 aliphatic carbocycles. The zero-order valence-corrected chi connectivity index (χ0v) is 14.0. The van der Waals surface area contributed by atoms with E-state index in [1.54, 1.807) is 14.2 Å². The SMILES string of the molecule is COCc1cc(C(C)NCC2(O)CCCCC2)ccc1OC. The Bertz CT molecular complexity index is 469. The van der Waals surface area contributed by atoms with Crippen molar-refractivity contribution in [3.8, 4) is 5.75 Å². The summed E-state index contributed by atoms with van der Waals surface area (Å²) in [5, 5.41) is 14.1. The number of ether oxygens (including phenoxy) is 2. The Labute approximate surface area is 133 Å². The maximum absolute atomic E-state index is 10.6. The molecule has 4 heteroatoms. The smallest absolute Gasteiger partial charge is 0.124 e. The molecule has 1 aliphatic rings. The van der Waals surface area contributed by atoms with Gasteiger partial charge in [0.25, 0.3) is 0 Å². The van der Waals surface area contributed by atoms with Gasteiger partial charge in [-0.25, -0.2) is 0 Å². The molecule has 0 radical (unpaired) electrons. The van der Waals surface area contributed by atoms with Gasteiger partial charge in [-0.15, -0.1) is 0 Å². The zero-order chi connectivity index (χ0) is 16.0. The lowest BCUT2D eigenvalue weighted by Gasteiger charge is -2.33. The van der Waals surface area contributed by atoms with Gasteiger partial charge in [-0.05, 0) is 37.5 Å². The van der Waals surface area contributed by atoms with Crippen molar-refractivity contribution in [1.82, 2.24) is 5.32 Å². The molecule has 1 unspecified atom stereocenters. The van der Waals surface area contributed by atoms with E-state index in [9.17, 15) is 5.11 Å². The Morgan fingerprint density at radius 3 is 2.59 bits per heavy atom. The molecule has 0 bridgehead atoms. The van der Waals surface area contributed by atoms with E-state index in [0.29, 0.717) is 13.2 Å². The second-order valence-electron chi connectivity index (χ2n) is 6.39. The minimum atomic E-state index is -0.533. The van der Waals surface area contributed by atoms with Crippen LogP contribution in [0.2, 0.25) is 0 Å². The third-order valence-electron chi connectivity index (χ3n) is 4.63. The molecule has 1 aromatic rings. The first-order valence-electron chi connectivity index (χ1n) is 8.19. The summed E-state index contributed by atoms with van der Waals surface area (Å²) >= 11 is 0. The first-order valence-corrected chi connectivity index (χ1v) is 8.19. The van der Waals surface area contributed by atoms with Crippen molar-refractivity contribution in [2.45, 2.75) is 57.3 Å². The molecule has 0 amide bonds. The van der Waals surface area contributed by atoms with Crippen LogP contribution < -0.4 is 10.1 Å². The Kier molecular flexibility index (Phi) is 6.24. The number of aliphatic hydroxyl groups is 1. The molecule has 1 fully saturated rings. The van der Waals surface area contributed by atoms with Crippen LogP contribution in [0.25, 0.3) is 0 Å². The fourth-order valence-corrected chi connectivity index (χ4v) is 3.18. The molecule has 124 valence electrons. The van der Waals surface area contributed by atoms with Crippen LogP contribution in [-0.4, -0.2) is 31.5 Å². The molecule has 0 saturated heterocycles. The lowest BCUT2D eigenvalue weighted by atomic mass is 9.84. The normalized spacial score (nSPS) is 18.9. The van der Waals surface area contributed by atoms with Gasteiger partial charge in [-0.1, -0.05) is 25.3 Å². The predicted octanol–water partition coefficient (Wildman–Crippen LogP) is 3.19. The fourth-order valence-electron chi connectivity index (χ4n) is 3.18. The summed E-state index contributed by atoms with van der Waals surface area (Å²) in [5.41, 5.74) is 1.70. The van der Waals surface area contributed by atoms with E-state index in [0.717, 1.165) is 37.0 Å². The van der Waals surface area contributed by atoms with Gasteiger partial charge < -0.3 is 19.9 Å². The van der Waals surface area contributed by atoms with E-state index in [4.69, 9.17) is 9.47 Å². The molecular formula is C18H29NO3. The second-order valence-corrected chi connectivity index (χ2v) is 6.39. The van der Waals surface area contributed by atoms with Crippen LogP contribution in [0.15, 0.2) is 18.2 Å². The topological polar surface area (TPSA) is 50.7 Å². The van der Waals surface area contributed by atoms with E-state index in [1.165, 1.54) is 12.0 Å². The first-order chi connectivity index (χ1) is 10.6. The van der Waals surface area contributed by atoms with Crippen molar-refractivity contribution in [3.63, 3.8) is 0 Å². The summed E-state index contributed by atoms with van der Waals surface area (Å²) in [4.78, 5) is 0. The molecule has 22 heavy (non-hydrogen) atoms. The van der Waals surface area contributed by atoms with Crippen LogP contribution in [-0.2, 0) is 11.3 Å². The Hall–Kier alpha value is -1.10. The van der Waals surface area contributed by atoms with E-state index in [-0.39, 0.29) is 6.04 Å². The van der Waals surface area contributed by atoms with Crippen LogP contribution >= 0.6 is 0 Å². The number of benzene rings is 1. The summed E-state index contributed by atoms with van der Waals surface area (Å²) in [5.74, 6) is 0.851. The highest BCUT2D eigenvalue weighted by molar-refractivity contribution is 5.38. The van der Waals surface area contributed by atoms with E-state index in [1.807, 2.05) is 6.07 Å². The molecule has 1 aromatic carbocycles. The molecule has 0 heterocycles. The molecule has 0 aliphatic heterocycles. The lowest BCUT2D eigenvalue weighted by Crippen LogP contribution is -2.42. The van der Waals surface area contributed by atoms with Crippen LogP contribution in [0.3, 0.4) is 0 Å². The molecule has 1 atom stereocenters. The van der Waals surface area contributed by atoms with Gasteiger partial charge >= 0.3 is 0 Å². The van der Waals surface area contributed by atoms with E-state index < -0.39 is 5.60 Å². The number of hydrogen-bond donors (Lipinski definition) is 2. The number of methoxy groups -OCH3 is 2. The van der Waals surface area contributed by atoms with Crippen molar-refractivity contribution in [2.24, 2.45) is 0 Å². The van der Waals surface area contributed by atoms with Gasteiger partial charge in [0.2, 0.25) is 0 Å². The average Bonchev–Trinajstić information content (AvgIpc) is 2.53. The highest BCUT2D eigenvalue weighted by atomic mass is 16.5. The Morgan fingerprint density at radius 1 is 1.23 bits per heavy atom. The summed E-state index contributed by atoms with van der Waals surface area (Å²) in [6.07, 6.45) is 5.32. The van der Waals surface area contributed by atoms with E-state index in [2.05, 4.69) is 24.4 Å². The van der Waals surface area contributed by atoms with Crippen LogP contribution in [0.1, 0.15) is 56.2 Å². The van der Waals surface area contributed by atoms with Crippen molar-refractivity contribution < 1.29 is 14.6 Å². The number of rotatable bonds is 7. The molecule has 2 rings (SSSR count). The number of hydrogen-bond acceptors (Lipinski definition) is 4. The van der Waals surface area contributed by atoms with Crippen molar-refractivity contribution in [2.75, 3.05) is 20.8 Å². The fraction of sp³-hybridized carbons (Fsp3) is 0.667. The monoisotopic (exact) mass is 307 g/mol. The summed E-state index contributed by atoms with van der Waals surface area (Å²) in [6.45, 7) is 3.32. The minimum absolute atomic E-state index is 0.187. The summed E-state index contributed by atoms with van der Waals surface area (Å²) in [7, 11) is 3.36. The third-order valence-corrected chi connectivity index (χ3v) is 4.63. The Balaban J connectivity index is 1.99. The lowest BCUT2D eigenvalue weighted by molar-refractivity contribution is 0.00300. The molecule has 0 aromatic heterocycles. The number of nitrogens with one attached hydrogen (secondary N) is 1. The van der Waals surface area contributed by atoms with Crippen molar-refractivity contribution >= 4 is 0 Å². The largest absolute Gasteiger partial charge is 0.496 e. The second kappa shape index (κ2) is 7.95. The quantitative estimate of drug-likeness (QED) is 0.812. The summed E-state index contributed by atoms with van der Waals surface area (Å²) in [6, 6.07) is 6.36. The maximum atomic E-state index is 10.6. The average molecular weight is 307 g/mol. The molecular weight excluding hydrogens is 278 g/mol. The van der Waals surface area contributed by atoms with Crippen molar-refractivity contribution in [1.29, 1.82) is 0 Å². The van der Waals surface area contributed by atoms with Gasteiger partial charge in [0.05, 0.1) is 19.3 Å². The molecule has 2 N–H and O–H groups in total. The summed E-state index contributed by atoms with van der Waals surface area (Å²) < 4.78 is 10.6. The minimum Gasteiger partial charge on any atom is -0.496 e. The van der Waals surface area contributed by atoms with Crippen molar-refractivity contribution in [3.05, 3.63) is 29.3 Å². The van der Waals surface area contributed by atoms with E-state index >= 15 is 0 Å². The highest BCUT2D eigenvalue weighted by Crippen LogP contribution is 2.29. The highest BCUT2D eigenvalue weighted by Gasteiger charge is 2.29. The van der Waals surface area contributed by atoms with Gasteiger partial charge in [-0.2, -0.15) is 0 Å². The molecule has 0 spiro atoms. The third kappa shape index (κ3) is 4.45. The van der Waals surface area contributed by atoms with Gasteiger partial charge in [0.15, 0.2) is 0 Å².